The van der Waals surface area contributed by atoms with Crippen molar-refractivity contribution in [2.45, 2.75) is 39.3 Å². The van der Waals surface area contributed by atoms with E-state index in [1.807, 2.05) is 67.9 Å². The molecule has 3 N–H and O–H groups in total. The topological polar surface area (TPSA) is 97.8 Å². The number of hydrogen-bond acceptors (Lipinski definition) is 6. The van der Waals surface area contributed by atoms with Gasteiger partial charge in [-0.1, -0.05) is 24.3 Å². The minimum atomic E-state index is -0.490. The standard InChI is InChI=1S/C22H30N6O2/c1-22(2,3)30-21(29)27(4)13-5-12-24-19-10-11-20-25-15-18(28(20)26-19)17-8-6-16(14-23)7-9-17/h6-11,15H,5,12-14,23H2,1-4H3,(H,24,26). The summed E-state index contributed by atoms with van der Waals surface area (Å²) in [5.41, 5.74) is 9.00. The lowest BCUT2D eigenvalue weighted by molar-refractivity contribution is 0.0298. The minimum absolute atomic E-state index is 0.314. The fourth-order valence-corrected chi connectivity index (χ4v) is 2.94. The molecule has 0 unspecified atom stereocenters. The van der Waals surface area contributed by atoms with E-state index in [-0.39, 0.29) is 6.09 Å². The van der Waals surface area contributed by atoms with Crippen molar-refractivity contribution in [2.24, 2.45) is 5.73 Å². The molecule has 0 bridgehead atoms. The Hall–Kier alpha value is -3.13. The lowest BCUT2D eigenvalue weighted by atomic mass is 10.1. The Balaban J connectivity index is 1.60. The maximum absolute atomic E-state index is 12.0. The third kappa shape index (κ3) is 5.48. The maximum Gasteiger partial charge on any atom is 0.410 e. The smallest absolute Gasteiger partial charge is 0.410 e. The number of anilines is 1. The molecule has 0 saturated carbocycles. The molecule has 0 saturated heterocycles. The molecule has 0 fully saturated rings. The first-order valence-electron chi connectivity index (χ1n) is 10.1. The van der Waals surface area contributed by atoms with Crippen molar-refractivity contribution in [1.82, 2.24) is 19.5 Å². The van der Waals surface area contributed by atoms with E-state index in [9.17, 15) is 4.79 Å². The van der Waals surface area contributed by atoms with Gasteiger partial charge in [0.05, 0.1) is 11.9 Å². The van der Waals surface area contributed by atoms with E-state index in [2.05, 4.69) is 15.4 Å². The van der Waals surface area contributed by atoms with E-state index < -0.39 is 5.60 Å². The Morgan fingerprint density at radius 2 is 1.93 bits per heavy atom. The summed E-state index contributed by atoms with van der Waals surface area (Å²) in [7, 11) is 1.74. The predicted molar refractivity (Wildman–Crippen MR) is 118 cm³/mol. The summed E-state index contributed by atoms with van der Waals surface area (Å²) in [5.74, 6) is 0.750. The molecule has 0 aliphatic heterocycles. The van der Waals surface area contributed by atoms with Crippen molar-refractivity contribution in [1.29, 1.82) is 0 Å². The molecule has 0 atom stereocenters. The molecule has 3 aromatic rings. The largest absolute Gasteiger partial charge is 0.444 e. The molecule has 0 spiro atoms. The monoisotopic (exact) mass is 410 g/mol. The van der Waals surface area contributed by atoms with Gasteiger partial charge in [0.25, 0.3) is 0 Å². The van der Waals surface area contributed by atoms with Crippen molar-refractivity contribution in [3.05, 3.63) is 48.2 Å². The minimum Gasteiger partial charge on any atom is -0.444 e. The zero-order chi connectivity index (χ0) is 21.7. The summed E-state index contributed by atoms with van der Waals surface area (Å²) in [6.45, 7) is 7.37. The third-order valence-corrected chi connectivity index (χ3v) is 4.53. The average molecular weight is 411 g/mol. The zero-order valence-electron chi connectivity index (χ0n) is 18.1. The van der Waals surface area contributed by atoms with E-state index in [0.717, 1.165) is 34.7 Å². The van der Waals surface area contributed by atoms with Crippen LogP contribution in [0.3, 0.4) is 0 Å². The summed E-state index contributed by atoms with van der Waals surface area (Å²) in [5, 5.41) is 7.98. The first kappa shape index (κ1) is 21.6. The van der Waals surface area contributed by atoms with Crippen LogP contribution < -0.4 is 11.1 Å². The summed E-state index contributed by atoms with van der Waals surface area (Å²) < 4.78 is 7.19. The van der Waals surface area contributed by atoms with Crippen LogP contribution in [0.2, 0.25) is 0 Å². The van der Waals surface area contributed by atoms with Gasteiger partial charge >= 0.3 is 6.09 Å². The van der Waals surface area contributed by atoms with Gasteiger partial charge in [0.1, 0.15) is 11.4 Å². The first-order chi connectivity index (χ1) is 14.3. The molecule has 3 rings (SSSR count). The average Bonchev–Trinajstić information content (AvgIpc) is 3.13. The first-order valence-corrected chi connectivity index (χ1v) is 10.1. The second-order valence-corrected chi connectivity index (χ2v) is 8.22. The lowest BCUT2D eigenvalue weighted by Gasteiger charge is -2.24. The Morgan fingerprint density at radius 3 is 2.60 bits per heavy atom. The fraction of sp³-hybridized carbons (Fsp3) is 0.409. The Kier molecular flexibility index (Phi) is 6.56. The van der Waals surface area contributed by atoms with Crippen LogP contribution >= 0.6 is 0 Å². The van der Waals surface area contributed by atoms with E-state index in [1.54, 1.807) is 11.9 Å². The molecule has 30 heavy (non-hydrogen) atoms. The van der Waals surface area contributed by atoms with Crippen molar-refractivity contribution in [3.8, 4) is 11.3 Å². The van der Waals surface area contributed by atoms with Crippen LogP contribution in [0.15, 0.2) is 42.6 Å². The molecular formula is C22H30N6O2. The van der Waals surface area contributed by atoms with E-state index in [0.29, 0.717) is 19.6 Å². The lowest BCUT2D eigenvalue weighted by Crippen LogP contribution is -2.35. The van der Waals surface area contributed by atoms with Crippen LogP contribution in [0, 0.1) is 0 Å². The number of imidazole rings is 1. The number of fused-ring (bicyclic) bond motifs is 1. The van der Waals surface area contributed by atoms with Crippen molar-refractivity contribution >= 4 is 17.6 Å². The number of nitrogens with one attached hydrogen (secondary N) is 1. The summed E-state index contributed by atoms with van der Waals surface area (Å²) in [6, 6.07) is 11.9. The van der Waals surface area contributed by atoms with Gasteiger partial charge in [-0.15, -0.1) is 5.10 Å². The highest BCUT2D eigenvalue weighted by molar-refractivity contribution is 5.67. The highest BCUT2D eigenvalue weighted by Crippen LogP contribution is 2.21. The van der Waals surface area contributed by atoms with Gasteiger partial charge in [-0.2, -0.15) is 0 Å². The third-order valence-electron chi connectivity index (χ3n) is 4.53. The van der Waals surface area contributed by atoms with Crippen LogP contribution in [-0.2, 0) is 11.3 Å². The van der Waals surface area contributed by atoms with Crippen molar-refractivity contribution in [2.75, 3.05) is 25.5 Å². The summed E-state index contributed by atoms with van der Waals surface area (Å²) >= 11 is 0. The van der Waals surface area contributed by atoms with Gasteiger partial charge in [-0.3, -0.25) is 0 Å². The number of nitrogens with zero attached hydrogens (tertiary/aromatic N) is 4. The molecule has 0 aliphatic carbocycles. The molecule has 2 aromatic heterocycles. The molecule has 0 radical (unpaired) electrons. The number of benzene rings is 1. The number of carbonyl (C=O) groups is 1. The highest BCUT2D eigenvalue weighted by atomic mass is 16.6. The second-order valence-electron chi connectivity index (χ2n) is 8.22. The second kappa shape index (κ2) is 9.13. The van der Waals surface area contributed by atoms with Gasteiger partial charge in [0, 0.05) is 32.2 Å². The molecule has 8 heteroatoms. The molecular weight excluding hydrogens is 380 g/mol. The number of amides is 1. The van der Waals surface area contributed by atoms with E-state index in [1.165, 1.54) is 0 Å². The van der Waals surface area contributed by atoms with Gasteiger partial charge in [0.2, 0.25) is 0 Å². The van der Waals surface area contributed by atoms with Crippen LogP contribution in [0.25, 0.3) is 16.9 Å². The number of rotatable bonds is 7. The van der Waals surface area contributed by atoms with Gasteiger partial charge in [-0.05, 0) is 44.9 Å². The Bertz CT molecular complexity index is 991. The Morgan fingerprint density at radius 1 is 1.20 bits per heavy atom. The normalized spacial score (nSPS) is 11.5. The van der Waals surface area contributed by atoms with Crippen LogP contribution in [0.5, 0.6) is 0 Å². The van der Waals surface area contributed by atoms with Gasteiger partial charge in [-0.25, -0.2) is 14.3 Å². The Labute approximate surface area is 177 Å². The number of nitrogens with two attached hydrogens (primary N) is 1. The SMILES string of the molecule is CN(CCCNc1ccc2ncc(-c3ccc(CN)cc3)n2n1)C(=O)OC(C)(C)C. The molecule has 8 nitrogen and oxygen atoms in total. The molecule has 0 aliphatic rings. The zero-order valence-corrected chi connectivity index (χ0v) is 18.1. The van der Waals surface area contributed by atoms with Crippen molar-refractivity contribution < 1.29 is 9.53 Å². The quantitative estimate of drug-likeness (QED) is 0.578. The maximum atomic E-state index is 12.0. The number of aromatic nitrogens is 3. The summed E-state index contributed by atoms with van der Waals surface area (Å²) in [6.07, 6.45) is 2.28. The molecule has 1 amide bonds. The molecule has 2 heterocycles. The molecule has 1 aromatic carbocycles. The van der Waals surface area contributed by atoms with Crippen LogP contribution in [-0.4, -0.2) is 51.3 Å². The van der Waals surface area contributed by atoms with E-state index >= 15 is 0 Å². The number of hydrogen-bond donors (Lipinski definition) is 2. The van der Waals surface area contributed by atoms with Crippen LogP contribution in [0.4, 0.5) is 10.6 Å². The number of carbonyl (C=O) groups excluding carboxylic acids is 1. The highest BCUT2D eigenvalue weighted by Gasteiger charge is 2.19. The fourth-order valence-electron chi connectivity index (χ4n) is 2.94. The van der Waals surface area contributed by atoms with Gasteiger partial charge < -0.3 is 20.7 Å². The van der Waals surface area contributed by atoms with Crippen LogP contribution in [0.1, 0.15) is 32.8 Å². The van der Waals surface area contributed by atoms with Gasteiger partial charge in [0.15, 0.2) is 5.65 Å². The predicted octanol–water partition coefficient (Wildman–Crippen LogP) is 3.52. The number of ether oxygens (including phenoxy) is 1. The van der Waals surface area contributed by atoms with Crippen molar-refractivity contribution in [3.63, 3.8) is 0 Å². The molecule has 160 valence electrons. The van der Waals surface area contributed by atoms with E-state index in [4.69, 9.17) is 10.5 Å². The summed E-state index contributed by atoms with van der Waals surface area (Å²) in [4.78, 5) is 18.0.